The minimum atomic E-state index is -1.01. The van der Waals surface area contributed by atoms with Gasteiger partial charge in [0.1, 0.15) is 24.2 Å². The van der Waals surface area contributed by atoms with Gasteiger partial charge in [-0.05, 0) is 54.6 Å². The molecule has 2 aromatic rings. The predicted octanol–water partition coefficient (Wildman–Crippen LogP) is 2.74. The number of carboxylic acid groups (broad SMARTS) is 1. The van der Waals surface area contributed by atoms with E-state index in [4.69, 9.17) is 4.74 Å². The summed E-state index contributed by atoms with van der Waals surface area (Å²) in [7, 11) is 0. The fourth-order valence-electron chi connectivity index (χ4n) is 1.75. The molecule has 1 aromatic heterocycles. The number of benzene rings is 1. The Kier molecular flexibility index (Phi) is 4.58. The normalized spacial score (nSPS) is 10.8. The molecule has 1 N–H and O–H groups in total. The van der Waals surface area contributed by atoms with Crippen LogP contribution in [0, 0.1) is 3.57 Å². The number of rotatable bonds is 5. The van der Waals surface area contributed by atoms with Crippen molar-refractivity contribution in [1.29, 1.82) is 0 Å². The van der Waals surface area contributed by atoms with Crippen LogP contribution in [0.5, 0.6) is 5.75 Å². The summed E-state index contributed by atoms with van der Waals surface area (Å²) in [5.41, 5.74) is 0.146. The Morgan fingerprint density at radius 3 is 2.90 bits per heavy atom. The summed E-state index contributed by atoms with van der Waals surface area (Å²) in [6.07, 6.45) is 1.46. The van der Waals surface area contributed by atoms with Crippen LogP contribution in [0.15, 0.2) is 24.5 Å². The zero-order chi connectivity index (χ0) is 14.7. The molecule has 0 saturated carbocycles. The summed E-state index contributed by atoms with van der Waals surface area (Å²) in [6.45, 7) is 4.16. The Balaban J connectivity index is 2.19. The molecule has 7 heteroatoms. The van der Waals surface area contributed by atoms with Crippen LogP contribution >= 0.6 is 22.6 Å². The summed E-state index contributed by atoms with van der Waals surface area (Å²) in [6, 6.07) is 5.20. The number of carbonyl (C=O) groups is 1. The highest BCUT2D eigenvalue weighted by atomic mass is 127. The highest BCUT2D eigenvalue weighted by Crippen LogP contribution is 2.22. The van der Waals surface area contributed by atoms with Crippen LogP contribution in [-0.2, 0) is 6.61 Å². The first-order valence-electron chi connectivity index (χ1n) is 6.03. The smallest absolute Gasteiger partial charge is 0.339 e. The maximum atomic E-state index is 11.2. The molecule has 6 nitrogen and oxygen atoms in total. The van der Waals surface area contributed by atoms with Crippen molar-refractivity contribution in [2.24, 2.45) is 0 Å². The molecule has 0 atom stereocenters. The monoisotopic (exact) mass is 387 g/mol. The average Bonchev–Trinajstić information content (AvgIpc) is 2.85. The quantitative estimate of drug-likeness (QED) is 0.799. The molecule has 0 amide bonds. The SMILES string of the molecule is CC(C)n1ncnc1COc1ccc(I)cc1C(=O)O. The lowest BCUT2D eigenvalue weighted by Gasteiger charge is -2.12. The molecular formula is C13H14IN3O3. The fraction of sp³-hybridized carbons (Fsp3) is 0.308. The molecule has 0 aliphatic rings. The molecular weight excluding hydrogens is 373 g/mol. The summed E-state index contributed by atoms with van der Waals surface area (Å²) in [4.78, 5) is 15.3. The predicted molar refractivity (Wildman–Crippen MR) is 80.9 cm³/mol. The molecule has 0 aliphatic carbocycles. The van der Waals surface area contributed by atoms with E-state index in [-0.39, 0.29) is 18.2 Å². The third-order valence-corrected chi connectivity index (χ3v) is 3.34. The number of aromatic nitrogens is 3. The number of hydrogen-bond donors (Lipinski definition) is 1. The Labute approximate surface area is 129 Å². The van der Waals surface area contributed by atoms with Gasteiger partial charge in [0.15, 0.2) is 5.82 Å². The van der Waals surface area contributed by atoms with Crippen molar-refractivity contribution in [1.82, 2.24) is 14.8 Å². The highest BCUT2D eigenvalue weighted by molar-refractivity contribution is 14.1. The van der Waals surface area contributed by atoms with Gasteiger partial charge in [0, 0.05) is 9.61 Å². The minimum absolute atomic E-state index is 0.146. The van der Waals surface area contributed by atoms with Crippen LogP contribution < -0.4 is 4.74 Å². The van der Waals surface area contributed by atoms with E-state index in [1.165, 1.54) is 6.33 Å². The van der Waals surface area contributed by atoms with Crippen molar-refractivity contribution in [2.45, 2.75) is 26.5 Å². The molecule has 0 unspecified atom stereocenters. The third kappa shape index (κ3) is 3.27. The molecule has 2 rings (SSSR count). The molecule has 106 valence electrons. The van der Waals surface area contributed by atoms with Crippen molar-refractivity contribution >= 4 is 28.6 Å². The summed E-state index contributed by atoms with van der Waals surface area (Å²) >= 11 is 2.06. The first kappa shape index (κ1) is 14.8. The zero-order valence-corrected chi connectivity index (χ0v) is 13.2. The number of aromatic carboxylic acids is 1. The maximum absolute atomic E-state index is 11.2. The fourth-order valence-corrected chi connectivity index (χ4v) is 2.24. The van der Waals surface area contributed by atoms with Crippen LogP contribution in [0.2, 0.25) is 0 Å². The van der Waals surface area contributed by atoms with Crippen molar-refractivity contribution < 1.29 is 14.6 Å². The number of halogens is 1. The number of ether oxygens (including phenoxy) is 1. The number of carboxylic acids is 1. The Bertz CT molecular complexity index is 625. The van der Waals surface area contributed by atoms with Gasteiger partial charge in [0.05, 0.1) is 0 Å². The van der Waals surface area contributed by atoms with Crippen LogP contribution in [0.1, 0.15) is 36.1 Å². The van der Waals surface area contributed by atoms with Gasteiger partial charge < -0.3 is 9.84 Å². The van der Waals surface area contributed by atoms with Gasteiger partial charge in [-0.15, -0.1) is 0 Å². The van der Waals surface area contributed by atoms with Gasteiger partial charge in [-0.2, -0.15) is 5.10 Å². The third-order valence-electron chi connectivity index (χ3n) is 2.67. The van der Waals surface area contributed by atoms with Crippen LogP contribution in [0.25, 0.3) is 0 Å². The highest BCUT2D eigenvalue weighted by Gasteiger charge is 2.14. The molecule has 0 saturated heterocycles. The topological polar surface area (TPSA) is 77.2 Å². The summed E-state index contributed by atoms with van der Waals surface area (Å²) in [5, 5.41) is 13.3. The van der Waals surface area contributed by atoms with Gasteiger partial charge in [-0.3, -0.25) is 0 Å². The second-order valence-electron chi connectivity index (χ2n) is 4.45. The largest absolute Gasteiger partial charge is 0.485 e. The Hall–Kier alpha value is -1.64. The van der Waals surface area contributed by atoms with Gasteiger partial charge in [0.2, 0.25) is 0 Å². The Morgan fingerprint density at radius 1 is 1.50 bits per heavy atom. The first-order valence-corrected chi connectivity index (χ1v) is 7.11. The van der Waals surface area contributed by atoms with Gasteiger partial charge in [-0.1, -0.05) is 0 Å². The molecule has 0 spiro atoms. The molecule has 0 fully saturated rings. The van der Waals surface area contributed by atoms with Crippen LogP contribution in [0.4, 0.5) is 0 Å². The second kappa shape index (κ2) is 6.21. The van der Waals surface area contributed by atoms with E-state index in [1.54, 1.807) is 22.9 Å². The number of hydrogen-bond acceptors (Lipinski definition) is 4. The van der Waals surface area contributed by atoms with Crippen molar-refractivity contribution in [2.75, 3.05) is 0 Å². The molecule has 20 heavy (non-hydrogen) atoms. The molecule has 1 heterocycles. The number of nitrogens with zero attached hydrogens (tertiary/aromatic N) is 3. The van der Waals surface area contributed by atoms with Crippen molar-refractivity contribution in [3.05, 3.63) is 39.5 Å². The lowest BCUT2D eigenvalue weighted by atomic mass is 10.2. The minimum Gasteiger partial charge on any atom is -0.485 e. The summed E-state index contributed by atoms with van der Waals surface area (Å²) < 4.78 is 8.17. The van der Waals surface area contributed by atoms with Gasteiger partial charge >= 0.3 is 5.97 Å². The van der Waals surface area contributed by atoms with E-state index in [9.17, 15) is 9.90 Å². The van der Waals surface area contributed by atoms with Crippen LogP contribution in [0.3, 0.4) is 0 Å². The second-order valence-corrected chi connectivity index (χ2v) is 5.69. The molecule has 0 aliphatic heterocycles. The van der Waals surface area contributed by atoms with E-state index >= 15 is 0 Å². The summed E-state index contributed by atoms with van der Waals surface area (Å²) in [5.74, 6) is -0.0186. The zero-order valence-electron chi connectivity index (χ0n) is 11.1. The Morgan fingerprint density at radius 2 is 2.25 bits per heavy atom. The lowest BCUT2D eigenvalue weighted by molar-refractivity contribution is 0.0691. The maximum Gasteiger partial charge on any atom is 0.339 e. The van der Waals surface area contributed by atoms with Crippen LogP contribution in [-0.4, -0.2) is 25.8 Å². The van der Waals surface area contributed by atoms with E-state index in [0.29, 0.717) is 11.6 Å². The van der Waals surface area contributed by atoms with Crippen molar-refractivity contribution in [3.8, 4) is 5.75 Å². The van der Waals surface area contributed by atoms with E-state index in [0.717, 1.165) is 3.57 Å². The molecule has 1 aromatic carbocycles. The molecule has 0 bridgehead atoms. The average molecular weight is 387 g/mol. The molecule has 0 radical (unpaired) electrons. The van der Waals surface area contributed by atoms with E-state index in [2.05, 4.69) is 32.7 Å². The van der Waals surface area contributed by atoms with E-state index in [1.807, 2.05) is 13.8 Å². The van der Waals surface area contributed by atoms with E-state index < -0.39 is 5.97 Å². The standard InChI is InChI=1S/C13H14IN3O3/c1-8(2)17-12(15-7-16-17)6-20-11-4-3-9(14)5-10(11)13(18)19/h3-5,7-8H,6H2,1-2H3,(H,18,19). The lowest BCUT2D eigenvalue weighted by Crippen LogP contribution is -2.12. The van der Waals surface area contributed by atoms with Crippen molar-refractivity contribution in [3.63, 3.8) is 0 Å². The first-order chi connectivity index (χ1) is 9.49. The van der Waals surface area contributed by atoms with Gasteiger partial charge in [-0.25, -0.2) is 14.5 Å². The van der Waals surface area contributed by atoms with Gasteiger partial charge in [0.25, 0.3) is 0 Å².